The van der Waals surface area contributed by atoms with Crippen molar-refractivity contribution in [1.29, 1.82) is 0 Å². The Morgan fingerprint density at radius 2 is 2.11 bits per heavy atom. The Bertz CT molecular complexity index is 372. The van der Waals surface area contributed by atoms with E-state index in [1.807, 2.05) is 6.92 Å². The van der Waals surface area contributed by atoms with Gasteiger partial charge >= 0.3 is 0 Å². The summed E-state index contributed by atoms with van der Waals surface area (Å²) in [6.07, 6.45) is 1.60. The average Bonchev–Trinajstić information content (AvgIpc) is 2.51. The molecular formula is C12H24N2O3S. The second kappa shape index (κ2) is 5.86. The fourth-order valence-electron chi connectivity index (χ4n) is 2.89. The maximum atomic E-state index is 12.1. The van der Waals surface area contributed by atoms with Crippen LogP contribution in [0.4, 0.5) is 0 Å². The molecule has 2 saturated heterocycles. The maximum Gasteiger partial charge on any atom is 0.214 e. The fourth-order valence-corrected chi connectivity index (χ4v) is 4.43. The number of piperidine rings is 1. The number of likely N-dealkylation sites (N-methyl/N-ethyl adjacent to an activating group) is 1. The Hall–Kier alpha value is -0.170. The van der Waals surface area contributed by atoms with Gasteiger partial charge < -0.3 is 4.74 Å². The summed E-state index contributed by atoms with van der Waals surface area (Å²) in [4.78, 5) is 2.26. The van der Waals surface area contributed by atoms with Gasteiger partial charge in [0.25, 0.3) is 0 Å². The van der Waals surface area contributed by atoms with E-state index >= 15 is 0 Å². The smallest absolute Gasteiger partial charge is 0.214 e. The van der Waals surface area contributed by atoms with Gasteiger partial charge in [-0.3, -0.25) is 4.90 Å². The molecule has 0 radical (unpaired) electrons. The summed E-state index contributed by atoms with van der Waals surface area (Å²) in [6.45, 7) is 5.62. The van der Waals surface area contributed by atoms with Gasteiger partial charge in [-0.15, -0.1) is 0 Å². The Balaban J connectivity index is 2.07. The molecule has 106 valence electrons. The van der Waals surface area contributed by atoms with Gasteiger partial charge in [0, 0.05) is 31.6 Å². The monoisotopic (exact) mass is 276 g/mol. The van der Waals surface area contributed by atoms with E-state index in [2.05, 4.69) is 11.9 Å². The molecule has 2 fully saturated rings. The first-order valence-electron chi connectivity index (χ1n) is 6.80. The van der Waals surface area contributed by atoms with Crippen LogP contribution in [0.5, 0.6) is 0 Å². The summed E-state index contributed by atoms with van der Waals surface area (Å²) in [5.41, 5.74) is 0. The summed E-state index contributed by atoms with van der Waals surface area (Å²) in [7, 11) is -0.982. The van der Waals surface area contributed by atoms with Crippen molar-refractivity contribution in [2.24, 2.45) is 5.92 Å². The molecule has 0 unspecified atom stereocenters. The minimum absolute atomic E-state index is 0.268. The highest BCUT2D eigenvalue weighted by molar-refractivity contribution is 7.89. The molecule has 2 aliphatic rings. The van der Waals surface area contributed by atoms with E-state index in [1.54, 1.807) is 4.31 Å². The highest BCUT2D eigenvalue weighted by Crippen LogP contribution is 2.25. The van der Waals surface area contributed by atoms with E-state index in [9.17, 15) is 8.42 Å². The summed E-state index contributed by atoms with van der Waals surface area (Å²) < 4.78 is 31.5. The van der Waals surface area contributed by atoms with Crippen molar-refractivity contribution in [3.63, 3.8) is 0 Å². The molecule has 0 aromatic rings. The van der Waals surface area contributed by atoms with Crippen LogP contribution in [0.2, 0.25) is 0 Å². The van der Waals surface area contributed by atoms with Crippen LogP contribution >= 0.6 is 0 Å². The third kappa shape index (κ3) is 3.04. The van der Waals surface area contributed by atoms with Gasteiger partial charge in [0.2, 0.25) is 10.0 Å². The minimum Gasteiger partial charge on any atom is -0.380 e. The Morgan fingerprint density at radius 1 is 1.33 bits per heavy atom. The molecule has 0 aromatic carbocycles. The van der Waals surface area contributed by atoms with Crippen LogP contribution in [0.1, 0.15) is 19.8 Å². The topological polar surface area (TPSA) is 49.9 Å². The van der Waals surface area contributed by atoms with Crippen molar-refractivity contribution in [1.82, 2.24) is 9.21 Å². The van der Waals surface area contributed by atoms with E-state index < -0.39 is 10.0 Å². The first kappa shape index (κ1) is 14.2. The lowest BCUT2D eigenvalue weighted by Gasteiger charge is -2.40. The molecule has 0 aromatic heterocycles. The lowest BCUT2D eigenvalue weighted by atomic mass is 9.93. The van der Waals surface area contributed by atoms with E-state index in [1.165, 1.54) is 0 Å². The molecule has 2 rings (SSSR count). The zero-order valence-electron chi connectivity index (χ0n) is 11.3. The molecule has 2 aliphatic heterocycles. The summed E-state index contributed by atoms with van der Waals surface area (Å²) in [5, 5.41) is 0. The number of rotatable bonds is 3. The van der Waals surface area contributed by atoms with Gasteiger partial charge in [-0.05, 0) is 19.9 Å². The largest absolute Gasteiger partial charge is 0.380 e. The number of nitrogens with zero attached hydrogens (tertiary/aromatic N) is 2. The number of ether oxygens (including phenoxy) is 1. The molecule has 0 amide bonds. The lowest BCUT2D eigenvalue weighted by molar-refractivity contribution is 0.0859. The van der Waals surface area contributed by atoms with E-state index in [0.717, 1.165) is 26.2 Å². The maximum absolute atomic E-state index is 12.1. The molecule has 6 heteroatoms. The molecule has 2 atom stereocenters. The highest BCUT2D eigenvalue weighted by atomic mass is 32.2. The van der Waals surface area contributed by atoms with Crippen LogP contribution in [-0.2, 0) is 14.8 Å². The molecule has 2 heterocycles. The van der Waals surface area contributed by atoms with Crippen LogP contribution in [0.3, 0.4) is 0 Å². The first-order chi connectivity index (χ1) is 8.54. The molecule has 0 bridgehead atoms. The van der Waals surface area contributed by atoms with Gasteiger partial charge in [-0.25, -0.2) is 12.7 Å². The normalized spacial score (nSPS) is 31.9. The van der Waals surface area contributed by atoms with Gasteiger partial charge in [0.1, 0.15) is 0 Å². The third-order valence-electron chi connectivity index (χ3n) is 4.03. The SMILES string of the molecule is CCCS(=O)(=O)N1CC[C@@H]2COCCN(C)[C@@H]2C1. The van der Waals surface area contributed by atoms with Crippen molar-refractivity contribution in [2.45, 2.75) is 25.8 Å². The van der Waals surface area contributed by atoms with E-state index in [-0.39, 0.29) is 5.75 Å². The van der Waals surface area contributed by atoms with Crippen molar-refractivity contribution in [3.8, 4) is 0 Å². The first-order valence-corrected chi connectivity index (χ1v) is 8.41. The highest BCUT2D eigenvalue weighted by Gasteiger charge is 2.37. The summed E-state index contributed by atoms with van der Waals surface area (Å²) in [5.74, 6) is 0.746. The molecule has 0 spiro atoms. The zero-order valence-corrected chi connectivity index (χ0v) is 12.2. The fraction of sp³-hybridized carbons (Fsp3) is 1.00. The molecule has 0 N–H and O–H groups in total. The Kier molecular flexibility index (Phi) is 4.64. The Morgan fingerprint density at radius 3 is 2.83 bits per heavy atom. The second-order valence-electron chi connectivity index (χ2n) is 5.35. The average molecular weight is 276 g/mol. The van der Waals surface area contributed by atoms with Crippen LogP contribution in [-0.4, -0.2) is 69.3 Å². The summed E-state index contributed by atoms with van der Waals surface area (Å²) in [6, 6.07) is 0.313. The zero-order chi connectivity index (χ0) is 13.2. The van der Waals surface area contributed by atoms with Crippen molar-refractivity contribution >= 4 is 10.0 Å². The van der Waals surface area contributed by atoms with Crippen LogP contribution in [0, 0.1) is 5.92 Å². The van der Waals surface area contributed by atoms with Gasteiger partial charge in [-0.1, -0.05) is 6.92 Å². The summed E-state index contributed by atoms with van der Waals surface area (Å²) >= 11 is 0. The minimum atomic E-state index is -3.05. The number of hydrogen-bond donors (Lipinski definition) is 0. The Labute approximate surface area is 110 Å². The lowest BCUT2D eigenvalue weighted by Crippen LogP contribution is -2.53. The van der Waals surface area contributed by atoms with E-state index in [0.29, 0.717) is 31.5 Å². The van der Waals surface area contributed by atoms with Crippen molar-refractivity contribution in [3.05, 3.63) is 0 Å². The quantitative estimate of drug-likeness (QED) is 0.748. The van der Waals surface area contributed by atoms with Crippen LogP contribution in [0.15, 0.2) is 0 Å². The molecular weight excluding hydrogens is 252 g/mol. The van der Waals surface area contributed by atoms with Crippen LogP contribution in [0.25, 0.3) is 0 Å². The predicted octanol–water partition coefficient (Wildman–Crippen LogP) is 0.379. The molecule has 0 saturated carbocycles. The standard InChI is InChI=1S/C12H24N2O3S/c1-3-8-18(15,16)14-5-4-11-10-17-7-6-13(2)12(11)9-14/h11-12H,3-10H2,1-2H3/t11-,12-/m1/s1. The molecule has 0 aliphatic carbocycles. The number of fused-ring (bicyclic) bond motifs is 1. The van der Waals surface area contributed by atoms with E-state index in [4.69, 9.17) is 4.74 Å². The van der Waals surface area contributed by atoms with Crippen LogP contribution < -0.4 is 0 Å². The second-order valence-corrected chi connectivity index (χ2v) is 7.43. The van der Waals surface area contributed by atoms with Crippen molar-refractivity contribution in [2.75, 3.05) is 45.6 Å². The number of hydrogen-bond acceptors (Lipinski definition) is 4. The van der Waals surface area contributed by atoms with Gasteiger partial charge in [0.15, 0.2) is 0 Å². The predicted molar refractivity (Wildman–Crippen MR) is 71.0 cm³/mol. The third-order valence-corrected chi connectivity index (χ3v) is 6.07. The van der Waals surface area contributed by atoms with Crippen molar-refractivity contribution < 1.29 is 13.2 Å². The van der Waals surface area contributed by atoms with Gasteiger partial charge in [0.05, 0.1) is 19.0 Å². The number of sulfonamides is 1. The molecule has 18 heavy (non-hydrogen) atoms. The molecule has 5 nitrogen and oxygen atoms in total. The van der Waals surface area contributed by atoms with Gasteiger partial charge in [-0.2, -0.15) is 0 Å².